The molecule has 0 saturated heterocycles. The van der Waals surface area contributed by atoms with Gasteiger partial charge in [0.2, 0.25) is 0 Å². The van der Waals surface area contributed by atoms with Gasteiger partial charge < -0.3 is 8.92 Å². The fourth-order valence-corrected chi connectivity index (χ4v) is 1.50. The SMILES string of the molecule is CC(C)(C)OC(=O)Nc1cccc(OS(=O)(=O)F)c1. The zero-order chi connectivity index (χ0) is 14.7. The number of nitrogens with one attached hydrogen (secondary N) is 1. The number of anilines is 1. The van der Waals surface area contributed by atoms with E-state index in [1.54, 1.807) is 20.8 Å². The Hall–Kier alpha value is -1.83. The van der Waals surface area contributed by atoms with Crippen LogP contribution < -0.4 is 9.50 Å². The molecule has 1 rings (SSSR count). The molecule has 1 amide bonds. The van der Waals surface area contributed by atoms with Gasteiger partial charge in [-0.3, -0.25) is 5.32 Å². The smallest absolute Gasteiger partial charge is 0.444 e. The van der Waals surface area contributed by atoms with Gasteiger partial charge in [0.05, 0.1) is 0 Å². The Balaban J connectivity index is 2.75. The molecular formula is C11H14FNO5S. The summed E-state index contributed by atoms with van der Waals surface area (Å²) >= 11 is 0. The van der Waals surface area contributed by atoms with Crippen molar-refractivity contribution >= 4 is 22.3 Å². The number of carbonyl (C=O) groups excluding carboxylic acids is 1. The Kier molecular flexibility index (Phi) is 4.35. The second kappa shape index (κ2) is 5.43. The number of carbonyl (C=O) groups is 1. The lowest BCUT2D eigenvalue weighted by Crippen LogP contribution is -2.27. The highest BCUT2D eigenvalue weighted by atomic mass is 32.3. The van der Waals surface area contributed by atoms with E-state index < -0.39 is 22.2 Å². The fourth-order valence-electron chi connectivity index (χ4n) is 1.16. The Morgan fingerprint density at radius 1 is 1.32 bits per heavy atom. The number of halogens is 1. The van der Waals surface area contributed by atoms with Crippen LogP contribution in [0.4, 0.5) is 14.4 Å². The molecule has 1 aromatic rings. The van der Waals surface area contributed by atoms with Gasteiger partial charge in [-0.25, -0.2) is 4.79 Å². The maximum absolute atomic E-state index is 12.3. The van der Waals surface area contributed by atoms with E-state index in [1.165, 1.54) is 18.2 Å². The molecule has 0 spiro atoms. The van der Waals surface area contributed by atoms with Crippen molar-refractivity contribution in [2.75, 3.05) is 5.32 Å². The lowest BCUT2D eigenvalue weighted by Gasteiger charge is -2.19. The molecule has 0 radical (unpaired) electrons. The van der Waals surface area contributed by atoms with Crippen LogP contribution in [0.5, 0.6) is 5.75 Å². The largest absolute Gasteiger partial charge is 0.488 e. The molecule has 0 saturated carbocycles. The predicted molar refractivity (Wildman–Crippen MR) is 67.0 cm³/mol. The molecule has 0 unspecified atom stereocenters. The summed E-state index contributed by atoms with van der Waals surface area (Å²) < 4.78 is 42.0. The molecule has 0 aromatic heterocycles. The first kappa shape index (κ1) is 15.2. The molecule has 0 aliphatic rings. The van der Waals surface area contributed by atoms with Crippen molar-refractivity contribution in [3.8, 4) is 5.75 Å². The minimum absolute atomic E-state index is 0.218. The van der Waals surface area contributed by atoms with Crippen LogP contribution in [0.1, 0.15) is 20.8 Å². The summed E-state index contributed by atoms with van der Waals surface area (Å²) in [5, 5.41) is 2.37. The number of hydrogen-bond acceptors (Lipinski definition) is 5. The summed E-state index contributed by atoms with van der Waals surface area (Å²) in [4.78, 5) is 11.5. The van der Waals surface area contributed by atoms with Crippen molar-refractivity contribution in [3.63, 3.8) is 0 Å². The van der Waals surface area contributed by atoms with E-state index >= 15 is 0 Å². The van der Waals surface area contributed by atoms with E-state index in [-0.39, 0.29) is 11.4 Å². The molecule has 6 nitrogen and oxygen atoms in total. The molecule has 0 atom stereocenters. The zero-order valence-electron chi connectivity index (χ0n) is 10.6. The van der Waals surface area contributed by atoms with Crippen molar-refractivity contribution < 1.29 is 26.0 Å². The van der Waals surface area contributed by atoms with E-state index in [1.807, 2.05) is 0 Å². The molecule has 1 aromatic carbocycles. The number of hydrogen-bond donors (Lipinski definition) is 1. The third-order valence-corrected chi connectivity index (χ3v) is 2.07. The minimum Gasteiger partial charge on any atom is -0.444 e. The highest BCUT2D eigenvalue weighted by molar-refractivity contribution is 7.81. The Morgan fingerprint density at radius 2 is 1.95 bits per heavy atom. The molecule has 0 bridgehead atoms. The summed E-state index contributed by atoms with van der Waals surface area (Å²) in [5.41, 5.74) is -0.448. The topological polar surface area (TPSA) is 81.7 Å². The van der Waals surface area contributed by atoms with Gasteiger partial charge in [0.1, 0.15) is 11.4 Å². The molecule has 1 N–H and O–H groups in total. The minimum atomic E-state index is -5.10. The molecule has 0 heterocycles. The molecule has 0 aliphatic carbocycles. The van der Waals surface area contributed by atoms with Gasteiger partial charge in [-0.1, -0.05) is 9.95 Å². The van der Waals surface area contributed by atoms with Crippen molar-refractivity contribution in [2.45, 2.75) is 26.4 Å². The van der Waals surface area contributed by atoms with Crippen molar-refractivity contribution in [3.05, 3.63) is 24.3 Å². The molecule has 0 fully saturated rings. The van der Waals surface area contributed by atoms with Crippen LogP contribution in [0.15, 0.2) is 24.3 Å². The van der Waals surface area contributed by atoms with Gasteiger partial charge in [-0.15, -0.1) is 0 Å². The number of amides is 1. The number of ether oxygens (including phenoxy) is 1. The summed E-state index contributed by atoms with van der Waals surface area (Å²) in [5.74, 6) is -0.254. The molecular weight excluding hydrogens is 277 g/mol. The maximum Gasteiger partial charge on any atom is 0.488 e. The van der Waals surface area contributed by atoms with Crippen molar-refractivity contribution in [1.29, 1.82) is 0 Å². The van der Waals surface area contributed by atoms with Crippen LogP contribution in [0.25, 0.3) is 0 Å². The molecule has 19 heavy (non-hydrogen) atoms. The monoisotopic (exact) mass is 291 g/mol. The van der Waals surface area contributed by atoms with Crippen LogP contribution in [-0.4, -0.2) is 20.1 Å². The lowest BCUT2D eigenvalue weighted by atomic mass is 10.2. The third kappa shape index (κ3) is 6.61. The summed E-state index contributed by atoms with van der Waals surface area (Å²) in [6.07, 6.45) is -0.715. The fraction of sp³-hybridized carbons (Fsp3) is 0.364. The Labute approximate surface area is 110 Å². The predicted octanol–water partition coefficient (Wildman–Crippen LogP) is 2.63. The second-order valence-electron chi connectivity index (χ2n) is 4.63. The highest BCUT2D eigenvalue weighted by Gasteiger charge is 2.16. The van der Waals surface area contributed by atoms with Gasteiger partial charge in [0.25, 0.3) is 0 Å². The van der Waals surface area contributed by atoms with Crippen LogP contribution in [0, 0.1) is 0 Å². The van der Waals surface area contributed by atoms with E-state index in [4.69, 9.17) is 4.74 Å². The second-order valence-corrected chi connectivity index (χ2v) is 5.58. The van der Waals surface area contributed by atoms with E-state index in [2.05, 4.69) is 9.50 Å². The Bertz CT molecular complexity index is 565. The Morgan fingerprint density at radius 3 is 2.47 bits per heavy atom. The van der Waals surface area contributed by atoms with Crippen molar-refractivity contribution in [1.82, 2.24) is 0 Å². The quantitative estimate of drug-likeness (QED) is 0.866. The van der Waals surface area contributed by atoms with Gasteiger partial charge in [-0.2, -0.15) is 8.42 Å². The average molecular weight is 291 g/mol. The van der Waals surface area contributed by atoms with E-state index in [0.29, 0.717) is 0 Å². The standard InChI is InChI=1S/C11H14FNO5S/c1-11(2,3)17-10(14)13-8-5-4-6-9(7-8)18-19(12,15)16/h4-7H,1-3H3,(H,13,14). The number of rotatable bonds is 3. The first-order chi connectivity index (χ1) is 8.55. The first-order valence-corrected chi connectivity index (χ1v) is 6.60. The molecule has 106 valence electrons. The molecule has 8 heteroatoms. The van der Waals surface area contributed by atoms with Crippen LogP contribution in [0.2, 0.25) is 0 Å². The van der Waals surface area contributed by atoms with Crippen LogP contribution in [-0.2, 0) is 15.2 Å². The first-order valence-electron chi connectivity index (χ1n) is 5.29. The number of benzene rings is 1. The maximum atomic E-state index is 12.3. The van der Waals surface area contributed by atoms with Crippen molar-refractivity contribution in [2.24, 2.45) is 0 Å². The van der Waals surface area contributed by atoms with Crippen LogP contribution >= 0.6 is 0 Å². The van der Waals surface area contributed by atoms with E-state index in [0.717, 1.165) is 6.07 Å². The normalized spacial score (nSPS) is 11.8. The summed E-state index contributed by atoms with van der Waals surface area (Å²) in [7, 11) is -5.10. The highest BCUT2D eigenvalue weighted by Crippen LogP contribution is 2.20. The lowest BCUT2D eigenvalue weighted by molar-refractivity contribution is 0.0636. The van der Waals surface area contributed by atoms with Gasteiger partial charge in [0, 0.05) is 11.8 Å². The van der Waals surface area contributed by atoms with Gasteiger partial charge in [-0.05, 0) is 32.9 Å². The zero-order valence-corrected chi connectivity index (χ0v) is 11.5. The van der Waals surface area contributed by atoms with Gasteiger partial charge >= 0.3 is 16.6 Å². The average Bonchev–Trinajstić information content (AvgIpc) is 2.11. The summed E-state index contributed by atoms with van der Waals surface area (Å²) in [6.45, 7) is 5.09. The van der Waals surface area contributed by atoms with E-state index in [9.17, 15) is 17.1 Å². The summed E-state index contributed by atoms with van der Waals surface area (Å²) in [6, 6.07) is 5.26. The molecule has 0 aliphatic heterocycles. The van der Waals surface area contributed by atoms with Crippen LogP contribution in [0.3, 0.4) is 0 Å². The third-order valence-electron chi connectivity index (χ3n) is 1.68. The van der Waals surface area contributed by atoms with Gasteiger partial charge in [0.15, 0.2) is 0 Å².